The van der Waals surface area contributed by atoms with E-state index in [4.69, 9.17) is 25.3 Å². The van der Waals surface area contributed by atoms with E-state index in [2.05, 4.69) is 10.1 Å². The molecular formula is C16H15ClN2O4. The molecule has 0 radical (unpaired) electrons. The van der Waals surface area contributed by atoms with Crippen molar-refractivity contribution in [1.29, 1.82) is 0 Å². The maximum atomic E-state index is 12.2. The van der Waals surface area contributed by atoms with Gasteiger partial charge in [0.1, 0.15) is 5.58 Å². The van der Waals surface area contributed by atoms with Crippen molar-refractivity contribution in [2.24, 2.45) is 0 Å². The number of carbonyl (C=O) groups is 1. The predicted molar refractivity (Wildman–Crippen MR) is 83.5 cm³/mol. The number of hydrogen-bond donors (Lipinski definition) is 0. The van der Waals surface area contributed by atoms with E-state index in [9.17, 15) is 4.79 Å². The van der Waals surface area contributed by atoms with Crippen LogP contribution in [0.25, 0.3) is 11.0 Å². The largest absolute Gasteiger partial charge is 0.450 e. The summed E-state index contributed by atoms with van der Waals surface area (Å²) in [5.41, 5.74) is 1.26. The van der Waals surface area contributed by atoms with Gasteiger partial charge in [0.25, 0.3) is 5.89 Å². The number of fused-ring (bicyclic) bond motifs is 1. The van der Waals surface area contributed by atoms with E-state index < -0.39 is 5.97 Å². The van der Waals surface area contributed by atoms with E-state index in [-0.39, 0.29) is 24.2 Å². The van der Waals surface area contributed by atoms with Gasteiger partial charge in [0.2, 0.25) is 5.76 Å². The maximum absolute atomic E-state index is 12.2. The summed E-state index contributed by atoms with van der Waals surface area (Å²) in [6.07, 6.45) is 0. The van der Waals surface area contributed by atoms with Gasteiger partial charge in [-0.15, -0.1) is 0 Å². The standard InChI is InChI=1S/C16H15ClN2O4/c1-8(2)15-18-13(23-19-15)7-21-16(20)14-9(3)11-6-10(17)4-5-12(11)22-14/h4-6,8H,7H2,1-3H3. The lowest BCUT2D eigenvalue weighted by atomic mass is 10.1. The van der Waals surface area contributed by atoms with E-state index in [1.807, 2.05) is 13.8 Å². The van der Waals surface area contributed by atoms with Crippen LogP contribution in [0.3, 0.4) is 0 Å². The maximum Gasteiger partial charge on any atom is 0.375 e. The van der Waals surface area contributed by atoms with Crippen molar-refractivity contribution in [1.82, 2.24) is 10.1 Å². The fourth-order valence-electron chi connectivity index (χ4n) is 2.14. The van der Waals surface area contributed by atoms with Crippen LogP contribution in [0, 0.1) is 6.92 Å². The molecule has 2 heterocycles. The molecule has 0 saturated carbocycles. The van der Waals surface area contributed by atoms with Crippen molar-refractivity contribution < 1.29 is 18.5 Å². The number of aromatic nitrogens is 2. The number of rotatable bonds is 4. The Balaban J connectivity index is 1.76. The Labute approximate surface area is 137 Å². The Kier molecular flexibility index (Phi) is 4.09. The van der Waals surface area contributed by atoms with E-state index in [1.54, 1.807) is 25.1 Å². The molecule has 2 aromatic heterocycles. The number of esters is 1. The first-order chi connectivity index (χ1) is 11.0. The number of carbonyl (C=O) groups excluding carboxylic acids is 1. The lowest BCUT2D eigenvalue weighted by molar-refractivity contribution is 0.0395. The smallest absolute Gasteiger partial charge is 0.375 e. The third kappa shape index (κ3) is 3.07. The molecule has 0 saturated heterocycles. The first-order valence-electron chi connectivity index (χ1n) is 7.14. The van der Waals surface area contributed by atoms with Gasteiger partial charge in [-0.3, -0.25) is 0 Å². The molecule has 120 valence electrons. The summed E-state index contributed by atoms with van der Waals surface area (Å²) in [5.74, 6) is 0.528. The third-order valence-corrected chi connectivity index (χ3v) is 3.65. The van der Waals surface area contributed by atoms with Crippen LogP contribution in [0.5, 0.6) is 0 Å². The van der Waals surface area contributed by atoms with Gasteiger partial charge in [0, 0.05) is 21.9 Å². The molecule has 0 atom stereocenters. The topological polar surface area (TPSA) is 78.4 Å². The van der Waals surface area contributed by atoms with Crippen LogP contribution in [0.15, 0.2) is 27.1 Å². The lowest BCUT2D eigenvalue weighted by Crippen LogP contribution is -2.05. The molecule has 0 bridgehead atoms. The van der Waals surface area contributed by atoms with Gasteiger partial charge in [-0.2, -0.15) is 4.98 Å². The molecule has 23 heavy (non-hydrogen) atoms. The molecule has 0 N–H and O–H groups in total. The van der Waals surface area contributed by atoms with Crippen molar-refractivity contribution in [3.8, 4) is 0 Å². The molecular weight excluding hydrogens is 320 g/mol. The van der Waals surface area contributed by atoms with Gasteiger partial charge < -0.3 is 13.7 Å². The van der Waals surface area contributed by atoms with Gasteiger partial charge in [-0.25, -0.2) is 4.79 Å². The number of halogens is 1. The zero-order valence-electron chi connectivity index (χ0n) is 12.9. The molecule has 3 rings (SSSR count). The van der Waals surface area contributed by atoms with Gasteiger partial charge in [-0.05, 0) is 25.1 Å². The Morgan fingerprint density at radius 2 is 2.17 bits per heavy atom. The van der Waals surface area contributed by atoms with Crippen LogP contribution in [-0.2, 0) is 11.3 Å². The van der Waals surface area contributed by atoms with Crippen molar-refractivity contribution in [3.05, 3.63) is 46.3 Å². The van der Waals surface area contributed by atoms with Crippen LogP contribution in [0.2, 0.25) is 5.02 Å². The van der Waals surface area contributed by atoms with Crippen molar-refractivity contribution >= 4 is 28.5 Å². The molecule has 0 aliphatic heterocycles. The molecule has 0 fully saturated rings. The number of ether oxygens (including phenoxy) is 1. The highest BCUT2D eigenvalue weighted by atomic mass is 35.5. The van der Waals surface area contributed by atoms with E-state index in [0.29, 0.717) is 22.0 Å². The van der Waals surface area contributed by atoms with E-state index in [0.717, 1.165) is 5.39 Å². The summed E-state index contributed by atoms with van der Waals surface area (Å²) in [4.78, 5) is 16.3. The monoisotopic (exact) mass is 334 g/mol. The number of aryl methyl sites for hydroxylation is 1. The van der Waals surface area contributed by atoms with Crippen LogP contribution in [-0.4, -0.2) is 16.1 Å². The number of benzene rings is 1. The second-order valence-corrected chi connectivity index (χ2v) is 5.91. The van der Waals surface area contributed by atoms with Crippen molar-refractivity contribution in [2.45, 2.75) is 33.3 Å². The molecule has 7 heteroatoms. The quantitative estimate of drug-likeness (QED) is 0.663. The third-order valence-electron chi connectivity index (χ3n) is 3.41. The fourth-order valence-corrected chi connectivity index (χ4v) is 2.31. The molecule has 0 spiro atoms. The van der Waals surface area contributed by atoms with Crippen LogP contribution >= 0.6 is 11.6 Å². The summed E-state index contributed by atoms with van der Waals surface area (Å²) in [7, 11) is 0. The highest BCUT2D eigenvalue weighted by Crippen LogP contribution is 2.28. The van der Waals surface area contributed by atoms with Gasteiger partial charge >= 0.3 is 5.97 Å². The van der Waals surface area contributed by atoms with E-state index >= 15 is 0 Å². The predicted octanol–water partition coefficient (Wildman–Crippen LogP) is 4.26. The van der Waals surface area contributed by atoms with Gasteiger partial charge in [0.15, 0.2) is 12.4 Å². The minimum absolute atomic E-state index is 0.101. The number of furan rings is 1. The second-order valence-electron chi connectivity index (χ2n) is 5.47. The van der Waals surface area contributed by atoms with Gasteiger partial charge in [0.05, 0.1) is 0 Å². The minimum Gasteiger partial charge on any atom is -0.450 e. The summed E-state index contributed by atoms with van der Waals surface area (Å²) >= 11 is 5.96. The molecule has 0 aliphatic carbocycles. The highest BCUT2D eigenvalue weighted by Gasteiger charge is 2.20. The Morgan fingerprint density at radius 3 is 2.87 bits per heavy atom. The first kappa shape index (κ1) is 15.6. The zero-order chi connectivity index (χ0) is 16.6. The Morgan fingerprint density at radius 1 is 1.39 bits per heavy atom. The Hall–Kier alpha value is -2.34. The number of nitrogens with zero attached hydrogens (tertiary/aromatic N) is 2. The zero-order valence-corrected chi connectivity index (χ0v) is 13.7. The van der Waals surface area contributed by atoms with Crippen LogP contribution < -0.4 is 0 Å². The molecule has 0 amide bonds. The summed E-state index contributed by atoms with van der Waals surface area (Å²) in [6.45, 7) is 5.57. The highest BCUT2D eigenvalue weighted by molar-refractivity contribution is 6.31. The summed E-state index contributed by atoms with van der Waals surface area (Å²) < 4.78 is 15.8. The fraction of sp³-hybridized carbons (Fsp3) is 0.312. The minimum atomic E-state index is -0.584. The molecule has 1 aromatic carbocycles. The SMILES string of the molecule is Cc1c(C(=O)OCc2nc(C(C)C)no2)oc2ccc(Cl)cc12. The molecule has 6 nitrogen and oxygen atoms in total. The normalized spacial score (nSPS) is 11.3. The van der Waals surface area contributed by atoms with Gasteiger partial charge in [-0.1, -0.05) is 30.6 Å². The summed E-state index contributed by atoms with van der Waals surface area (Å²) in [6, 6.07) is 5.17. The van der Waals surface area contributed by atoms with Crippen molar-refractivity contribution in [3.63, 3.8) is 0 Å². The molecule has 3 aromatic rings. The average molecular weight is 335 g/mol. The van der Waals surface area contributed by atoms with Crippen LogP contribution in [0.4, 0.5) is 0 Å². The lowest BCUT2D eigenvalue weighted by Gasteiger charge is -1.99. The van der Waals surface area contributed by atoms with Crippen LogP contribution in [0.1, 0.15) is 47.6 Å². The molecule has 0 unspecified atom stereocenters. The average Bonchev–Trinajstić information content (AvgIpc) is 3.11. The Bertz CT molecular complexity index is 866. The second kappa shape index (κ2) is 6.04. The molecule has 0 aliphatic rings. The first-order valence-corrected chi connectivity index (χ1v) is 7.51. The summed E-state index contributed by atoms with van der Waals surface area (Å²) in [5, 5.41) is 5.17. The van der Waals surface area contributed by atoms with Crippen molar-refractivity contribution in [2.75, 3.05) is 0 Å². The van der Waals surface area contributed by atoms with E-state index in [1.165, 1.54) is 0 Å². The number of hydrogen-bond acceptors (Lipinski definition) is 6.